The first kappa shape index (κ1) is 12.4. The smallest absolute Gasteiger partial charge is 0.351 e. The van der Waals surface area contributed by atoms with Crippen molar-refractivity contribution in [1.29, 1.82) is 0 Å². The monoisotopic (exact) mass is 247 g/mol. The van der Waals surface area contributed by atoms with Gasteiger partial charge in [-0.3, -0.25) is 4.57 Å². The number of rotatable bonds is 2. The molecule has 6 heteroatoms. The van der Waals surface area contributed by atoms with Crippen LogP contribution in [0.15, 0.2) is 29.2 Å². The van der Waals surface area contributed by atoms with Gasteiger partial charge in [0.05, 0.1) is 6.61 Å². The highest BCUT2D eigenvalue weighted by atomic mass is 16.5. The summed E-state index contributed by atoms with van der Waals surface area (Å²) in [5.74, 6) is 2.51. The van der Waals surface area contributed by atoms with Crippen LogP contribution in [0.2, 0.25) is 0 Å². The van der Waals surface area contributed by atoms with Crippen LogP contribution in [0.5, 0.6) is 0 Å². The molecule has 1 aromatic rings. The molecule has 0 amide bonds. The Labute approximate surface area is 104 Å². The zero-order valence-electron chi connectivity index (χ0n) is 9.67. The lowest BCUT2D eigenvalue weighted by atomic mass is 9.97. The molecule has 2 atom stereocenters. The van der Waals surface area contributed by atoms with Gasteiger partial charge in [-0.1, -0.05) is 12.5 Å². The molecule has 0 aliphatic carbocycles. The molecule has 0 saturated carbocycles. The fourth-order valence-electron chi connectivity index (χ4n) is 1.86. The van der Waals surface area contributed by atoms with Crippen molar-refractivity contribution in [2.24, 2.45) is 0 Å². The van der Waals surface area contributed by atoms with Crippen molar-refractivity contribution in [1.82, 2.24) is 9.55 Å². The molecule has 0 bridgehead atoms. The number of nitrogens with two attached hydrogens (primary N) is 1. The molecule has 3 N–H and O–H groups in total. The van der Waals surface area contributed by atoms with Gasteiger partial charge in [-0.2, -0.15) is 4.98 Å². The highest BCUT2D eigenvalue weighted by Crippen LogP contribution is 2.38. The first-order valence-electron chi connectivity index (χ1n) is 5.32. The maximum Gasteiger partial charge on any atom is 0.351 e. The summed E-state index contributed by atoms with van der Waals surface area (Å²) >= 11 is 0. The predicted octanol–water partition coefficient (Wildman–Crippen LogP) is -0.335. The lowest BCUT2D eigenvalue weighted by Crippen LogP contribution is -2.34. The number of nitrogen functional groups attached to an aromatic ring is 1. The number of aliphatic hydroxyl groups excluding tert-OH is 1. The molecule has 0 spiro atoms. The fraction of sp³-hybridized carbons (Fsp3) is 0.333. The van der Waals surface area contributed by atoms with E-state index in [0.717, 1.165) is 0 Å². The van der Waals surface area contributed by atoms with Gasteiger partial charge in [-0.25, -0.2) is 4.79 Å². The topological polar surface area (TPSA) is 90.4 Å². The van der Waals surface area contributed by atoms with Gasteiger partial charge in [0.2, 0.25) is 0 Å². The third kappa shape index (κ3) is 1.79. The largest absolute Gasteiger partial charge is 0.392 e. The zero-order valence-corrected chi connectivity index (χ0v) is 9.67. The van der Waals surface area contributed by atoms with Crippen LogP contribution < -0.4 is 11.4 Å². The molecule has 94 valence electrons. The number of hydrogen-bond donors (Lipinski definition) is 2. The van der Waals surface area contributed by atoms with Crippen LogP contribution in [-0.4, -0.2) is 26.9 Å². The lowest BCUT2D eigenvalue weighted by Gasteiger charge is -2.22. The number of anilines is 1. The second-order valence-electron chi connectivity index (χ2n) is 4.05. The van der Waals surface area contributed by atoms with Crippen molar-refractivity contribution >= 4 is 5.82 Å². The summed E-state index contributed by atoms with van der Waals surface area (Å²) in [5.41, 5.74) is 4.20. The summed E-state index contributed by atoms with van der Waals surface area (Å²) in [7, 11) is 0. The maximum absolute atomic E-state index is 11.7. The van der Waals surface area contributed by atoms with Crippen LogP contribution in [0.4, 0.5) is 5.82 Å². The maximum atomic E-state index is 11.7. The summed E-state index contributed by atoms with van der Waals surface area (Å²) in [6.07, 6.45) is 6.55. The van der Waals surface area contributed by atoms with Crippen LogP contribution in [0.1, 0.15) is 12.6 Å². The molecule has 0 radical (unpaired) electrons. The van der Waals surface area contributed by atoms with Crippen molar-refractivity contribution in [2.45, 2.75) is 18.2 Å². The number of aliphatic hydroxyl groups is 1. The third-order valence-corrected chi connectivity index (χ3v) is 2.95. The number of terminal acetylenes is 1. The van der Waals surface area contributed by atoms with E-state index in [1.165, 1.54) is 16.8 Å². The van der Waals surface area contributed by atoms with Crippen molar-refractivity contribution in [3.8, 4) is 12.3 Å². The summed E-state index contributed by atoms with van der Waals surface area (Å²) in [4.78, 5) is 15.3. The van der Waals surface area contributed by atoms with Gasteiger partial charge < -0.3 is 15.6 Å². The Morgan fingerprint density at radius 2 is 2.56 bits per heavy atom. The van der Waals surface area contributed by atoms with Crippen molar-refractivity contribution in [3.63, 3.8) is 0 Å². The van der Waals surface area contributed by atoms with Crippen LogP contribution in [-0.2, 0) is 4.74 Å². The summed E-state index contributed by atoms with van der Waals surface area (Å²) in [6, 6.07) is 1.49. The second kappa shape index (κ2) is 4.29. The van der Waals surface area contributed by atoms with Gasteiger partial charge in [0.25, 0.3) is 0 Å². The SMILES string of the molecule is C#C[C@]1(CO)O[C@H](n2ccc(N)nc2=O)CC1=C. The van der Waals surface area contributed by atoms with Gasteiger partial charge in [-0.15, -0.1) is 6.42 Å². The van der Waals surface area contributed by atoms with Crippen LogP contribution in [0.25, 0.3) is 0 Å². The molecule has 1 aliphatic heterocycles. The Morgan fingerprint density at radius 3 is 3.06 bits per heavy atom. The fourth-order valence-corrected chi connectivity index (χ4v) is 1.86. The highest BCUT2D eigenvalue weighted by molar-refractivity contribution is 5.31. The van der Waals surface area contributed by atoms with Crippen molar-refractivity contribution < 1.29 is 9.84 Å². The molecule has 18 heavy (non-hydrogen) atoms. The van der Waals surface area contributed by atoms with E-state index >= 15 is 0 Å². The summed E-state index contributed by atoms with van der Waals surface area (Å²) < 4.78 is 6.84. The van der Waals surface area contributed by atoms with Gasteiger partial charge in [-0.05, 0) is 11.6 Å². The van der Waals surface area contributed by atoms with E-state index in [0.29, 0.717) is 12.0 Å². The molecule has 1 aliphatic rings. The molecule has 1 aromatic heterocycles. The van der Waals surface area contributed by atoms with E-state index in [2.05, 4.69) is 17.5 Å². The first-order chi connectivity index (χ1) is 8.52. The standard InChI is InChI=1S/C12H13N3O3/c1-3-12(7-16)8(2)6-10(18-12)15-5-4-9(13)14-11(15)17/h1,4-5,10,16H,2,6-7H2,(H2,13,14,17)/t10-,12+/m0/s1. The Morgan fingerprint density at radius 1 is 1.83 bits per heavy atom. The van der Waals surface area contributed by atoms with Gasteiger partial charge in [0, 0.05) is 12.6 Å². The molecular formula is C12H13N3O3. The van der Waals surface area contributed by atoms with Crippen LogP contribution in [0.3, 0.4) is 0 Å². The quantitative estimate of drug-likeness (QED) is 0.551. The third-order valence-electron chi connectivity index (χ3n) is 2.95. The zero-order chi connectivity index (χ0) is 13.3. The minimum Gasteiger partial charge on any atom is -0.392 e. The second-order valence-corrected chi connectivity index (χ2v) is 4.05. The van der Waals surface area contributed by atoms with Gasteiger partial charge in [0.1, 0.15) is 12.0 Å². The minimum absolute atomic E-state index is 0.137. The molecule has 6 nitrogen and oxygen atoms in total. The van der Waals surface area contributed by atoms with E-state index in [1.807, 2.05) is 0 Å². The molecule has 0 unspecified atom stereocenters. The minimum atomic E-state index is -1.23. The van der Waals surface area contributed by atoms with Crippen LogP contribution >= 0.6 is 0 Å². The van der Waals surface area contributed by atoms with E-state index in [4.69, 9.17) is 16.9 Å². The van der Waals surface area contributed by atoms with Gasteiger partial charge in [0.15, 0.2) is 5.60 Å². The number of ether oxygens (including phenoxy) is 1. The Bertz CT molecular complexity index is 587. The molecule has 1 saturated heterocycles. The number of hydrogen-bond acceptors (Lipinski definition) is 5. The Kier molecular flexibility index (Phi) is 2.95. The molecular weight excluding hydrogens is 234 g/mol. The van der Waals surface area contributed by atoms with E-state index < -0.39 is 17.5 Å². The van der Waals surface area contributed by atoms with Crippen molar-refractivity contribution in [2.75, 3.05) is 12.3 Å². The van der Waals surface area contributed by atoms with E-state index in [9.17, 15) is 9.90 Å². The summed E-state index contributed by atoms with van der Waals surface area (Å²) in [6.45, 7) is 3.41. The van der Waals surface area contributed by atoms with Crippen molar-refractivity contribution in [3.05, 3.63) is 34.9 Å². The van der Waals surface area contributed by atoms with Gasteiger partial charge >= 0.3 is 5.69 Å². The highest BCUT2D eigenvalue weighted by Gasteiger charge is 2.42. The average Bonchev–Trinajstić information content (AvgIpc) is 2.67. The van der Waals surface area contributed by atoms with Crippen LogP contribution in [0, 0.1) is 12.3 Å². The first-order valence-corrected chi connectivity index (χ1v) is 5.32. The van der Waals surface area contributed by atoms with E-state index in [-0.39, 0.29) is 12.4 Å². The number of nitrogens with zero attached hydrogens (tertiary/aromatic N) is 2. The summed E-state index contributed by atoms with van der Waals surface area (Å²) in [5, 5.41) is 9.31. The normalized spacial score (nSPS) is 27.1. The average molecular weight is 247 g/mol. The lowest BCUT2D eigenvalue weighted by molar-refractivity contribution is -0.0561. The Balaban J connectivity index is 2.36. The molecule has 2 rings (SSSR count). The van der Waals surface area contributed by atoms with E-state index in [1.54, 1.807) is 0 Å². The predicted molar refractivity (Wildman–Crippen MR) is 65.4 cm³/mol. The molecule has 2 heterocycles. The number of aromatic nitrogens is 2. The Hall–Kier alpha value is -2.10. The molecule has 0 aromatic carbocycles. The molecule has 1 fully saturated rings.